The Labute approximate surface area is 115 Å². The van der Waals surface area contributed by atoms with E-state index in [2.05, 4.69) is 25.2 Å². The Morgan fingerprint density at radius 2 is 2.00 bits per heavy atom. The highest BCUT2D eigenvalue weighted by Gasteiger charge is 2.50. The molecule has 100 valence electrons. The molecule has 3 heteroatoms. The molecule has 0 amide bonds. The van der Waals surface area contributed by atoms with Crippen LogP contribution in [0.25, 0.3) is 0 Å². The summed E-state index contributed by atoms with van der Waals surface area (Å²) in [7, 11) is 3.73. The monoisotopic (exact) mass is 267 g/mol. The van der Waals surface area contributed by atoms with Crippen LogP contribution in [0.5, 0.6) is 5.75 Å². The van der Waals surface area contributed by atoms with E-state index in [-0.39, 0.29) is 5.41 Å². The lowest BCUT2D eigenvalue weighted by Crippen LogP contribution is -2.52. The fraction of sp³-hybridized carbons (Fsp3) is 0.600. The van der Waals surface area contributed by atoms with Gasteiger partial charge in [0.25, 0.3) is 0 Å². The minimum atomic E-state index is 0.161. The molecule has 0 unspecified atom stereocenters. The Morgan fingerprint density at radius 1 is 1.33 bits per heavy atom. The van der Waals surface area contributed by atoms with E-state index >= 15 is 0 Å². The van der Waals surface area contributed by atoms with Gasteiger partial charge in [-0.3, -0.25) is 0 Å². The van der Waals surface area contributed by atoms with E-state index in [1.54, 1.807) is 7.11 Å². The summed E-state index contributed by atoms with van der Waals surface area (Å²) in [6, 6.07) is 5.92. The number of benzene rings is 1. The second-order valence-corrected chi connectivity index (χ2v) is 6.61. The maximum Gasteiger partial charge on any atom is 0.122 e. The van der Waals surface area contributed by atoms with Crippen molar-refractivity contribution in [3.05, 3.63) is 28.8 Å². The number of halogens is 1. The molecule has 0 spiro atoms. The minimum absolute atomic E-state index is 0.161. The van der Waals surface area contributed by atoms with Gasteiger partial charge in [0.05, 0.1) is 7.11 Å². The fourth-order valence-corrected chi connectivity index (χ4v) is 3.80. The zero-order valence-electron chi connectivity index (χ0n) is 11.6. The average Bonchev–Trinajstić information content (AvgIpc) is 2.26. The van der Waals surface area contributed by atoms with Gasteiger partial charge in [-0.1, -0.05) is 25.4 Å². The van der Waals surface area contributed by atoms with E-state index in [4.69, 9.17) is 16.3 Å². The number of rotatable bonds is 4. The molecule has 0 bridgehead atoms. The number of hydrogen-bond donors (Lipinski definition) is 1. The van der Waals surface area contributed by atoms with Gasteiger partial charge in [0.2, 0.25) is 0 Å². The maximum atomic E-state index is 6.16. The second-order valence-electron chi connectivity index (χ2n) is 6.17. The van der Waals surface area contributed by atoms with Crippen molar-refractivity contribution in [3.8, 4) is 5.75 Å². The molecule has 1 aromatic rings. The Morgan fingerprint density at radius 3 is 2.50 bits per heavy atom. The van der Waals surface area contributed by atoms with E-state index in [9.17, 15) is 0 Å². The molecule has 0 aromatic heterocycles. The Bertz CT molecular complexity index is 434. The molecule has 1 fully saturated rings. The van der Waals surface area contributed by atoms with Crippen LogP contribution >= 0.6 is 11.6 Å². The van der Waals surface area contributed by atoms with Crippen molar-refractivity contribution in [1.29, 1.82) is 0 Å². The average molecular weight is 268 g/mol. The third kappa shape index (κ3) is 2.36. The molecule has 0 heterocycles. The van der Waals surface area contributed by atoms with Crippen LogP contribution in [0.4, 0.5) is 0 Å². The van der Waals surface area contributed by atoms with Crippen LogP contribution in [0.15, 0.2) is 18.2 Å². The Kier molecular flexibility index (Phi) is 3.61. The molecule has 0 aliphatic heterocycles. The largest absolute Gasteiger partial charge is 0.496 e. The number of likely N-dealkylation sites (N-methyl/N-ethyl adjacent to an activating group) is 1. The molecule has 1 saturated carbocycles. The molecule has 1 aromatic carbocycles. The summed E-state index contributed by atoms with van der Waals surface area (Å²) in [6.45, 7) is 5.60. The van der Waals surface area contributed by atoms with Crippen molar-refractivity contribution in [2.45, 2.75) is 32.1 Å². The van der Waals surface area contributed by atoms with Gasteiger partial charge >= 0.3 is 0 Å². The zero-order valence-corrected chi connectivity index (χ0v) is 12.4. The standard InChI is InChI=1S/C15H22ClNO/c1-14(2)8-15(9-14,10-17-3)12-7-11(16)5-6-13(12)18-4/h5-7,17H,8-10H2,1-4H3. The third-order valence-corrected chi connectivity index (χ3v) is 4.12. The topological polar surface area (TPSA) is 21.3 Å². The zero-order chi connectivity index (χ0) is 13.4. The highest BCUT2D eigenvalue weighted by Crippen LogP contribution is 2.57. The predicted octanol–water partition coefficient (Wildman–Crippen LogP) is 3.63. The SMILES string of the molecule is CNCC1(c2cc(Cl)ccc2OC)CC(C)(C)C1. The third-order valence-electron chi connectivity index (χ3n) is 3.88. The van der Waals surface area contributed by atoms with Crippen molar-refractivity contribution in [3.63, 3.8) is 0 Å². The molecule has 18 heavy (non-hydrogen) atoms. The van der Waals surface area contributed by atoms with Gasteiger partial charge in [-0.15, -0.1) is 0 Å². The summed E-state index contributed by atoms with van der Waals surface area (Å²) in [5.41, 5.74) is 1.81. The molecule has 1 aliphatic carbocycles. The quantitative estimate of drug-likeness (QED) is 0.900. The van der Waals surface area contributed by atoms with Crippen molar-refractivity contribution >= 4 is 11.6 Å². The van der Waals surface area contributed by atoms with E-state index in [1.165, 1.54) is 5.56 Å². The van der Waals surface area contributed by atoms with E-state index in [1.807, 2.05) is 19.2 Å². The second kappa shape index (κ2) is 4.75. The van der Waals surface area contributed by atoms with E-state index < -0.39 is 0 Å². The van der Waals surface area contributed by atoms with Crippen LogP contribution in [0.3, 0.4) is 0 Å². The lowest BCUT2D eigenvalue weighted by molar-refractivity contribution is 0.0559. The highest BCUT2D eigenvalue weighted by atomic mass is 35.5. The maximum absolute atomic E-state index is 6.16. The van der Waals surface area contributed by atoms with Crippen molar-refractivity contribution in [1.82, 2.24) is 5.32 Å². The van der Waals surface area contributed by atoms with E-state index in [0.717, 1.165) is 30.2 Å². The molecule has 0 radical (unpaired) electrons. The summed E-state index contributed by atoms with van der Waals surface area (Å²) in [5, 5.41) is 4.10. The molecule has 0 saturated heterocycles. The molecule has 2 rings (SSSR count). The molecule has 0 atom stereocenters. The molecule has 2 nitrogen and oxygen atoms in total. The number of methoxy groups -OCH3 is 1. The summed E-state index contributed by atoms with van der Waals surface area (Å²) >= 11 is 6.16. The van der Waals surface area contributed by atoms with Crippen LogP contribution in [0.2, 0.25) is 5.02 Å². The van der Waals surface area contributed by atoms with Gasteiger partial charge in [-0.25, -0.2) is 0 Å². The van der Waals surface area contributed by atoms with Crippen molar-refractivity contribution in [2.24, 2.45) is 5.41 Å². The normalized spacial score (nSPS) is 20.3. The van der Waals surface area contributed by atoms with Crippen LogP contribution in [0, 0.1) is 5.41 Å². The highest BCUT2D eigenvalue weighted by molar-refractivity contribution is 6.30. The van der Waals surface area contributed by atoms with Gasteiger partial charge in [-0.05, 0) is 43.5 Å². The number of nitrogens with one attached hydrogen (secondary N) is 1. The van der Waals surface area contributed by atoms with Crippen LogP contribution in [-0.4, -0.2) is 20.7 Å². The molecule has 1 aliphatic rings. The van der Waals surface area contributed by atoms with Crippen molar-refractivity contribution in [2.75, 3.05) is 20.7 Å². The van der Waals surface area contributed by atoms with E-state index in [0.29, 0.717) is 5.41 Å². The van der Waals surface area contributed by atoms with Gasteiger partial charge in [-0.2, -0.15) is 0 Å². The lowest BCUT2D eigenvalue weighted by atomic mass is 9.51. The summed E-state index contributed by atoms with van der Waals surface area (Å²) < 4.78 is 5.51. The molecular formula is C15H22ClNO. The van der Waals surface area contributed by atoms with Gasteiger partial charge < -0.3 is 10.1 Å². The van der Waals surface area contributed by atoms with Crippen LogP contribution < -0.4 is 10.1 Å². The first-order valence-electron chi connectivity index (χ1n) is 6.41. The summed E-state index contributed by atoms with van der Waals surface area (Å²) in [6.07, 6.45) is 2.33. The number of hydrogen-bond acceptors (Lipinski definition) is 2. The fourth-order valence-electron chi connectivity index (χ4n) is 3.62. The first-order valence-corrected chi connectivity index (χ1v) is 6.79. The van der Waals surface area contributed by atoms with Crippen molar-refractivity contribution < 1.29 is 4.74 Å². The first kappa shape index (κ1) is 13.7. The molecule has 1 N–H and O–H groups in total. The summed E-state index contributed by atoms with van der Waals surface area (Å²) in [5.74, 6) is 0.949. The first-order chi connectivity index (χ1) is 8.42. The van der Waals surface area contributed by atoms with Gasteiger partial charge in [0.1, 0.15) is 5.75 Å². The lowest BCUT2D eigenvalue weighted by Gasteiger charge is -2.54. The summed E-state index contributed by atoms with van der Waals surface area (Å²) in [4.78, 5) is 0. The van der Waals surface area contributed by atoms with Crippen LogP contribution in [0.1, 0.15) is 32.3 Å². The van der Waals surface area contributed by atoms with Crippen LogP contribution in [-0.2, 0) is 5.41 Å². The smallest absolute Gasteiger partial charge is 0.122 e. The number of ether oxygens (including phenoxy) is 1. The molecular weight excluding hydrogens is 246 g/mol. The van der Waals surface area contributed by atoms with Gasteiger partial charge in [0, 0.05) is 22.5 Å². The minimum Gasteiger partial charge on any atom is -0.496 e. The Hall–Kier alpha value is -0.730. The predicted molar refractivity (Wildman–Crippen MR) is 76.6 cm³/mol. The Balaban J connectivity index is 2.41. The van der Waals surface area contributed by atoms with Gasteiger partial charge in [0.15, 0.2) is 0 Å².